The van der Waals surface area contributed by atoms with Gasteiger partial charge in [-0.25, -0.2) is 4.98 Å². The number of morpholine rings is 1. The lowest BCUT2D eigenvalue weighted by Gasteiger charge is -2.32. The van der Waals surface area contributed by atoms with Crippen molar-refractivity contribution in [1.82, 2.24) is 14.9 Å². The van der Waals surface area contributed by atoms with E-state index >= 15 is 0 Å². The van der Waals surface area contributed by atoms with E-state index in [-0.39, 0.29) is 12.0 Å². The highest BCUT2D eigenvalue weighted by molar-refractivity contribution is 5.99. The van der Waals surface area contributed by atoms with Gasteiger partial charge in [0.05, 0.1) is 18.8 Å². The quantitative estimate of drug-likeness (QED) is 0.473. The van der Waals surface area contributed by atoms with E-state index in [0.29, 0.717) is 25.5 Å². The Labute approximate surface area is 192 Å². The van der Waals surface area contributed by atoms with Crippen LogP contribution in [0.25, 0.3) is 11.0 Å². The highest BCUT2D eigenvalue weighted by Gasteiger charge is 2.30. The van der Waals surface area contributed by atoms with Gasteiger partial charge in [-0.3, -0.25) is 9.78 Å². The van der Waals surface area contributed by atoms with E-state index in [4.69, 9.17) is 9.15 Å². The summed E-state index contributed by atoms with van der Waals surface area (Å²) in [5.41, 5.74) is 5.06. The van der Waals surface area contributed by atoms with Crippen LogP contribution in [0.3, 0.4) is 0 Å². The molecule has 0 radical (unpaired) electrons. The lowest BCUT2D eigenvalue weighted by atomic mass is 10.1. The summed E-state index contributed by atoms with van der Waals surface area (Å²) in [4.78, 5) is 24.3. The van der Waals surface area contributed by atoms with E-state index in [1.54, 1.807) is 4.90 Å². The van der Waals surface area contributed by atoms with Gasteiger partial charge in [-0.05, 0) is 51.1 Å². The number of aromatic nitrogens is 2. The van der Waals surface area contributed by atoms with Crippen molar-refractivity contribution in [3.05, 3.63) is 83.0 Å². The number of para-hydroxylation sites is 1. The topological polar surface area (TPSA) is 80.5 Å². The van der Waals surface area contributed by atoms with Crippen molar-refractivity contribution in [2.24, 2.45) is 0 Å². The average molecular weight is 443 g/mol. The zero-order valence-electron chi connectivity index (χ0n) is 19.0. The van der Waals surface area contributed by atoms with Crippen molar-refractivity contribution >= 4 is 28.4 Å². The summed E-state index contributed by atoms with van der Waals surface area (Å²) < 4.78 is 11.9. The summed E-state index contributed by atoms with van der Waals surface area (Å²) in [5, 5.41) is 4.31. The molecule has 1 atom stereocenters. The molecule has 0 bridgehead atoms. The number of nitrogens with zero attached hydrogens (tertiary/aromatic N) is 3. The number of aryl methyl sites for hydroxylation is 3. The molecule has 7 heteroatoms. The lowest BCUT2D eigenvalue weighted by Crippen LogP contribution is -2.42. The molecule has 5 rings (SSSR count). The van der Waals surface area contributed by atoms with Crippen LogP contribution in [-0.4, -0.2) is 40.5 Å². The first-order valence-electron chi connectivity index (χ1n) is 11.1. The molecule has 1 aliphatic heterocycles. The van der Waals surface area contributed by atoms with Crippen LogP contribution in [0.2, 0.25) is 0 Å². The number of carbonyl (C=O) groups excluding carboxylic acids is 1. The number of rotatable bonds is 4. The Kier molecular flexibility index (Phi) is 5.56. The predicted octanol–water partition coefficient (Wildman–Crippen LogP) is 5.11. The van der Waals surface area contributed by atoms with E-state index in [2.05, 4.69) is 15.3 Å². The molecule has 1 saturated heterocycles. The Morgan fingerprint density at radius 1 is 1.03 bits per heavy atom. The summed E-state index contributed by atoms with van der Waals surface area (Å²) >= 11 is 0. The number of nitrogens with one attached hydrogen (secondary N) is 1. The second-order valence-electron chi connectivity index (χ2n) is 8.37. The minimum atomic E-state index is -0.321. The Morgan fingerprint density at radius 2 is 1.88 bits per heavy atom. The zero-order chi connectivity index (χ0) is 22.9. The Morgan fingerprint density at radius 3 is 2.70 bits per heavy atom. The number of ether oxygens (including phenoxy) is 1. The van der Waals surface area contributed by atoms with E-state index in [1.807, 2.05) is 75.4 Å². The van der Waals surface area contributed by atoms with Gasteiger partial charge in [-0.1, -0.05) is 24.3 Å². The van der Waals surface area contributed by atoms with Gasteiger partial charge in [0.1, 0.15) is 17.5 Å². The summed E-state index contributed by atoms with van der Waals surface area (Å²) in [6.45, 7) is 7.19. The number of pyridine rings is 2. The molecule has 0 aliphatic carbocycles. The summed E-state index contributed by atoms with van der Waals surface area (Å²) in [7, 11) is 0. The largest absolute Gasteiger partial charge is 0.451 e. The first kappa shape index (κ1) is 21.2. The van der Waals surface area contributed by atoms with Gasteiger partial charge in [0.2, 0.25) is 0 Å². The molecule has 4 aromatic rings. The number of benzene rings is 1. The SMILES string of the molecule is Cc1cccc(Nc2cc(C)nc(C3CN(C(=O)c4oc5ccccc5c4C)CCO3)c2)n1. The van der Waals surface area contributed by atoms with Crippen LogP contribution >= 0.6 is 0 Å². The zero-order valence-corrected chi connectivity index (χ0v) is 19.0. The Hall–Kier alpha value is -3.71. The number of fused-ring (bicyclic) bond motifs is 1. The van der Waals surface area contributed by atoms with Crippen molar-refractivity contribution in [1.29, 1.82) is 0 Å². The van der Waals surface area contributed by atoms with Crippen LogP contribution in [0, 0.1) is 20.8 Å². The fourth-order valence-electron chi connectivity index (χ4n) is 4.23. The van der Waals surface area contributed by atoms with Crippen molar-refractivity contribution in [2.75, 3.05) is 25.0 Å². The number of carbonyl (C=O) groups is 1. The van der Waals surface area contributed by atoms with Gasteiger partial charge in [0, 0.05) is 34.6 Å². The molecule has 3 aromatic heterocycles. The second-order valence-corrected chi connectivity index (χ2v) is 8.37. The van der Waals surface area contributed by atoms with Gasteiger partial charge in [0.15, 0.2) is 5.76 Å². The first-order valence-corrected chi connectivity index (χ1v) is 11.1. The first-order chi connectivity index (χ1) is 16.0. The standard InChI is InChI=1S/C26H26N4O3/c1-16-7-6-10-24(28-16)29-19-13-17(2)27-21(14-19)23-15-30(11-12-32-23)26(31)25-18(3)20-8-4-5-9-22(20)33-25/h4-10,13-14,23H,11-12,15H2,1-3H3,(H,27,28,29). The fraction of sp³-hybridized carbons (Fsp3) is 0.269. The van der Waals surface area contributed by atoms with Crippen LogP contribution in [-0.2, 0) is 4.74 Å². The molecule has 7 nitrogen and oxygen atoms in total. The fourth-order valence-corrected chi connectivity index (χ4v) is 4.23. The molecule has 33 heavy (non-hydrogen) atoms. The number of furan rings is 1. The predicted molar refractivity (Wildman–Crippen MR) is 127 cm³/mol. The molecule has 1 N–H and O–H groups in total. The third kappa shape index (κ3) is 4.32. The third-order valence-electron chi connectivity index (χ3n) is 5.86. The molecular formula is C26H26N4O3. The van der Waals surface area contributed by atoms with E-state index < -0.39 is 0 Å². The Balaban J connectivity index is 1.37. The van der Waals surface area contributed by atoms with E-state index in [1.165, 1.54) is 0 Å². The molecule has 1 amide bonds. The minimum Gasteiger partial charge on any atom is -0.451 e. The number of hydrogen-bond donors (Lipinski definition) is 1. The highest BCUT2D eigenvalue weighted by atomic mass is 16.5. The summed E-state index contributed by atoms with van der Waals surface area (Å²) in [6, 6.07) is 17.5. The Bertz CT molecular complexity index is 1330. The highest BCUT2D eigenvalue weighted by Crippen LogP contribution is 2.29. The monoisotopic (exact) mass is 442 g/mol. The normalized spacial score (nSPS) is 16.2. The smallest absolute Gasteiger partial charge is 0.290 e. The van der Waals surface area contributed by atoms with Gasteiger partial charge in [0.25, 0.3) is 5.91 Å². The molecule has 0 saturated carbocycles. The molecule has 1 aromatic carbocycles. The van der Waals surface area contributed by atoms with Crippen molar-refractivity contribution < 1.29 is 13.9 Å². The van der Waals surface area contributed by atoms with Crippen LogP contribution in [0.4, 0.5) is 11.5 Å². The van der Waals surface area contributed by atoms with Gasteiger partial charge in [-0.15, -0.1) is 0 Å². The van der Waals surface area contributed by atoms with E-state index in [0.717, 1.165) is 45.1 Å². The summed E-state index contributed by atoms with van der Waals surface area (Å²) in [5.74, 6) is 1.04. The van der Waals surface area contributed by atoms with Crippen LogP contribution < -0.4 is 5.32 Å². The molecule has 1 unspecified atom stereocenters. The second kappa shape index (κ2) is 8.67. The maximum absolute atomic E-state index is 13.3. The molecule has 0 spiro atoms. The van der Waals surface area contributed by atoms with Gasteiger partial charge < -0.3 is 19.4 Å². The van der Waals surface area contributed by atoms with Crippen LogP contribution in [0.5, 0.6) is 0 Å². The van der Waals surface area contributed by atoms with Crippen molar-refractivity contribution in [3.63, 3.8) is 0 Å². The lowest BCUT2D eigenvalue weighted by molar-refractivity contribution is -0.0256. The van der Waals surface area contributed by atoms with Crippen LogP contribution in [0.15, 0.2) is 59.0 Å². The molecule has 1 aliphatic rings. The maximum Gasteiger partial charge on any atom is 0.290 e. The van der Waals surface area contributed by atoms with E-state index in [9.17, 15) is 4.79 Å². The maximum atomic E-state index is 13.3. The molecule has 168 valence electrons. The number of hydrogen-bond acceptors (Lipinski definition) is 6. The molecule has 1 fully saturated rings. The summed E-state index contributed by atoms with van der Waals surface area (Å²) in [6.07, 6.45) is -0.321. The van der Waals surface area contributed by atoms with Gasteiger partial charge in [-0.2, -0.15) is 0 Å². The molecular weight excluding hydrogens is 416 g/mol. The average Bonchev–Trinajstić information content (AvgIpc) is 3.15. The third-order valence-corrected chi connectivity index (χ3v) is 5.86. The van der Waals surface area contributed by atoms with Crippen molar-refractivity contribution in [2.45, 2.75) is 26.9 Å². The van der Waals surface area contributed by atoms with Gasteiger partial charge >= 0.3 is 0 Å². The van der Waals surface area contributed by atoms with Crippen LogP contribution in [0.1, 0.15) is 39.3 Å². The number of amides is 1. The van der Waals surface area contributed by atoms with Crippen molar-refractivity contribution in [3.8, 4) is 0 Å². The number of anilines is 2. The minimum absolute atomic E-state index is 0.119. The molecule has 4 heterocycles.